The molecule has 0 bridgehead atoms. The molecule has 1 amide bonds. The van der Waals surface area contributed by atoms with E-state index < -0.39 is 0 Å². The molecule has 7 heteroatoms. The van der Waals surface area contributed by atoms with Crippen molar-refractivity contribution in [3.63, 3.8) is 0 Å². The SMILES string of the molecule is Cc1ccc(C)c(OCC(=O)Nc2cccc(OCc3cc(=O)n4cc(C)ccc4n3)c2)c1. The van der Waals surface area contributed by atoms with Crippen LogP contribution in [0.15, 0.2) is 71.7 Å². The number of fused-ring (bicyclic) bond motifs is 1. The number of nitrogens with one attached hydrogen (secondary N) is 1. The van der Waals surface area contributed by atoms with E-state index in [0.717, 1.165) is 16.7 Å². The summed E-state index contributed by atoms with van der Waals surface area (Å²) in [5.41, 5.74) is 4.54. The highest BCUT2D eigenvalue weighted by Crippen LogP contribution is 2.20. The predicted octanol–water partition coefficient (Wildman–Crippen LogP) is 4.22. The van der Waals surface area contributed by atoms with Crippen molar-refractivity contribution in [3.8, 4) is 11.5 Å². The molecule has 2 aromatic carbocycles. The number of rotatable bonds is 7. The highest BCUT2D eigenvalue weighted by atomic mass is 16.5. The number of amides is 1. The zero-order valence-corrected chi connectivity index (χ0v) is 18.8. The number of aromatic nitrogens is 2. The molecule has 0 saturated heterocycles. The van der Waals surface area contributed by atoms with Crippen molar-refractivity contribution >= 4 is 17.2 Å². The summed E-state index contributed by atoms with van der Waals surface area (Å²) < 4.78 is 13.0. The van der Waals surface area contributed by atoms with Gasteiger partial charge in [-0.1, -0.05) is 24.3 Å². The summed E-state index contributed by atoms with van der Waals surface area (Å²) in [6, 6.07) is 18.1. The number of hydrogen-bond acceptors (Lipinski definition) is 5. The molecule has 0 fully saturated rings. The van der Waals surface area contributed by atoms with Gasteiger partial charge in [0.15, 0.2) is 6.61 Å². The molecule has 2 heterocycles. The first-order chi connectivity index (χ1) is 15.9. The number of nitrogens with zero attached hydrogens (tertiary/aromatic N) is 2. The van der Waals surface area contributed by atoms with Crippen molar-refractivity contribution in [2.45, 2.75) is 27.4 Å². The molecular weight excluding hydrogens is 418 g/mol. The van der Waals surface area contributed by atoms with Crippen LogP contribution in [0.25, 0.3) is 5.65 Å². The van der Waals surface area contributed by atoms with Gasteiger partial charge < -0.3 is 14.8 Å². The Morgan fingerprint density at radius 1 is 0.970 bits per heavy atom. The van der Waals surface area contributed by atoms with E-state index in [0.29, 0.717) is 28.5 Å². The second kappa shape index (κ2) is 9.56. The van der Waals surface area contributed by atoms with E-state index >= 15 is 0 Å². The molecule has 1 N–H and O–H groups in total. The second-order valence-electron chi connectivity index (χ2n) is 7.94. The summed E-state index contributed by atoms with van der Waals surface area (Å²) in [4.78, 5) is 29.2. The van der Waals surface area contributed by atoms with E-state index in [1.807, 2.05) is 45.0 Å². The summed E-state index contributed by atoms with van der Waals surface area (Å²) in [6.07, 6.45) is 1.76. The third-order valence-electron chi connectivity index (χ3n) is 5.07. The summed E-state index contributed by atoms with van der Waals surface area (Å²) >= 11 is 0. The minimum absolute atomic E-state index is 0.0974. The van der Waals surface area contributed by atoms with Crippen molar-refractivity contribution in [3.05, 3.63) is 99.6 Å². The zero-order valence-electron chi connectivity index (χ0n) is 18.8. The van der Waals surface area contributed by atoms with Gasteiger partial charge in [0.05, 0.1) is 5.69 Å². The summed E-state index contributed by atoms with van der Waals surface area (Å²) in [6.45, 7) is 5.87. The van der Waals surface area contributed by atoms with Crippen molar-refractivity contribution < 1.29 is 14.3 Å². The number of carbonyl (C=O) groups excluding carboxylic acids is 1. The number of ether oxygens (including phenoxy) is 2. The maximum atomic E-state index is 12.4. The van der Waals surface area contributed by atoms with Gasteiger partial charge in [0.25, 0.3) is 11.5 Å². The second-order valence-corrected chi connectivity index (χ2v) is 7.94. The van der Waals surface area contributed by atoms with Crippen molar-refractivity contribution in [2.75, 3.05) is 11.9 Å². The molecule has 168 valence electrons. The topological polar surface area (TPSA) is 81.9 Å². The summed E-state index contributed by atoms with van der Waals surface area (Å²) in [5, 5.41) is 2.81. The number of carbonyl (C=O) groups is 1. The summed E-state index contributed by atoms with van der Waals surface area (Å²) in [7, 11) is 0. The van der Waals surface area contributed by atoms with Crippen LogP contribution in [0.5, 0.6) is 11.5 Å². The molecule has 0 saturated carbocycles. The van der Waals surface area contributed by atoms with Gasteiger partial charge in [-0.15, -0.1) is 0 Å². The van der Waals surface area contributed by atoms with Crippen LogP contribution in [0.4, 0.5) is 5.69 Å². The summed E-state index contributed by atoms with van der Waals surface area (Å²) in [5.74, 6) is 0.970. The highest BCUT2D eigenvalue weighted by Gasteiger charge is 2.08. The molecule has 0 atom stereocenters. The van der Waals surface area contributed by atoms with Crippen LogP contribution in [-0.4, -0.2) is 21.9 Å². The average Bonchev–Trinajstić information content (AvgIpc) is 2.79. The van der Waals surface area contributed by atoms with E-state index in [4.69, 9.17) is 9.47 Å². The Labute approximate surface area is 191 Å². The minimum atomic E-state index is -0.271. The van der Waals surface area contributed by atoms with Gasteiger partial charge in [-0.2, -0.15) is 0 Å². The van der Waals surface area contributed by atoms with Crippen LogP contribution in [0.1, 0.15) is 22.4 Å². The number of benzene rings is 2. The van der Waals surface area contributed by atoms with Gasteiger partial charge in [0.1, 0.15) is 23.8 Å². The molecule has 0 radical (unpaired) electrons. The smallest absolute Gasteiger partial charge is 0.262 e. The lowest BCUT2D eigenvalue weighted by atomic mass is 10.1. The molecule has 4 aromatic rings. The Morgan fingerprint density at radius 3 is 2.64 bits per heavy atom. The first-order valence-corrected chi connectivity index (χ1v) is 10.6. The molecule has 0 aliphatic heterocycles. The lowest BCUT2D eigenvalue weighted by Gasteiger charge is -2.11. The van der Waals surface area contributed by atoms with Gasteiger partial charge in [-0.05, 0) is 61.7 Å². The maximum Gasteiger partial charge on any atom is 0.262 e. The normalized spacial score (nSPS) is 10.8. The van der Waals surface area contributed by atoms with E-state index in [-0.39, 0.29) is 24.7 Å². The largest absolute Gasteiger partial charge is 0.487 e. The van der Waals surface area contributed by atoms with Gasteiger partial charge in [-0.3, -0.25) is 14.0 Å². The fourth-order valence-electron chi connectivity index (χ4n) is 3.36. The first-order valence-electron chi connectivity index (χ1n) is 10.6. The number of aryl methyl sites for hydroxylation is 3. The van der Waals surface area contributed by atoms with Crippen LogP contribution in [0.3, 0.4) is 0 Å². The van der Waals surface area contributed by atoms with Crippen LogP contribution >= 0.6 is 0 Å². The average molecular weight is 444 g/mol. The number of anilines is 1. The fourth-order valence-corrected chi connectivity index (χ4v) is 3.36. The lowest BCUT2D eigenvalue weighted by Crippen LogP contribution is -2.20. The number of hydrogen-bond donors (Lipinski definition) is 1. The van der Waals surface area contributed by atoms with Crippen molar-refractivity contribution in [1.82, 2.24) is 9.38 Å². The minimum Gasteiger partial charge on any atom is -0.487 e. The molecular formula is C26H25N3O4. The van der Waals surface area contributed by atoms with Gasteiger partial charge in [-0.25, -0.2) is 4.98 Å². The Balaban J connectivity index is 1.37. The third-order valence-corrected chi connectivity index (χ3v) is 5.07. The maximum absolute atomic E-state index is 12.4. The molecule has 0 unspecified atom stereocenters. The number of pyridine rings is 1. The quantitative estimate of drug-likeness (QED) is 0.463. The van der Waals surface area contributed by atoms with Crippen molar-refractivity contribution in [1.29, 1.82) is 0 Å². The Bertz CT molecular complexity index is 1380. The predicted molar refractivity (Wildman–Crippen MR) is 127 cm³/mol. The molecule has 33 heavy (non-hydrogen) atoms. The van der Waals surface area contributed by atoms with Gasteiger partial charge >= 0.3 is 0 Å². The van der Waals surface area contributed by atoms with Crippen LogP contribution < -0.4 is 20.3 Å². The third kappa shape index (κ3) is 5.57. The highest BCUT2D eigenvalue weighted by molar-refractivity contribution is 5.92. The van der Waals surface area contributed by atoms with E-state index in [1.54, 1.807) is 36.5 Å². The van der Waals surface area contributed by atoms with Crippen molar-refractivity contribution in [2.24, 2.45) is 0 Å². The van der Waals surface area contributed by atoms with E-state index in [1.165, 1.54) is 10.5 Å². The monoisotopic (exact) mass is 443 g/mol. The fraction of sp³-hybridized carbons (Fsp3) is 0.192. The van der Waals surface area contributed by atoms with Gasteiger partial charge in [0, 0.05) is 24.0 Å². The Kier molecular flexibility index (Phi) is 6.40. The molecule has 0 aliphatic rings. The lowest BCUT2D eigenvalue weighted by molar-refractivity contribution is -0.118. The van der Waals surface area contributed by atoms with E-state index in [9.17, 15) is 9.59 Å². The Morgan fingerprint density at radius 2 is 1.79 bits per heavy atom. The standard InChI is InChI=1S/C26H25N3O4/c1-17-7-9-19(3)23(11-17)33-16-25(30)28-20-5-4-6-22(12-20)32-15-21-13-26(31)29-14-18(2)8-10-24(29)27-21/h4-14H,15-16H2,1-3H3,(H,28,30). The molecule has 0 spiro atoms. The molecule has 4 rings (SSSR count). The molecule has 2 aromatic heterocycles. The van der Waals surface area contributed by atoms with Crippen LogP contribution in [0.2, 0.25) is 0 Å². The van der Waals surface area contributed by atoms with E-state index in [2.05, 4.69) is 10.3 Å². The van der Waals surface area contributed by atoms with Gasteiger partial charge in [0.2, 0.25) is 0 Å². The van der Waals surface area contributed by atoms with Crippen LogP contribution in [-0.2, 0) is 11.4 Å². The molecule has 0 aliphatic carbocycles. The first kappa shape index (κ1) is 22.1. The Hall–Kier alpha value is -4.13. The van der Waals surface area contributed by atoms with Crippen LogP contribution in [0, 0.1) is 20.8 Å². The zero-order chi connectivity index (χ0) is 23.4. The molecule has 7 nitrogen and oxygen atoms in total.